The SMILES string of the molecule is c1cc(N2CCOCC2)nnc1CCC1CC12CCN(CC1CCOCC1)CC2. The van der Waals surface area contributed by atoms with Crippen LogP contribution in [0.15, 0.2) is 12.1 Å². The molecule has 160 valence electrons. The Morgan fingerprint density at radius 3 is 2.41 bits per heavy atom. The molecule has 1 spiro atoms. The van der Waals surface area contributed by atoms with Crippen molar-refractivity contribution in [2.75, 3.05) is 64.1 Å². The highest BCUT2D eigenvalue weighted by atomic mass is 16.5. The fourth-order valence-electron chi connectivity index (χ4n) is 5.70. The molecule has 0 bridgehead atoms. The normalized spacial score (nSPS) is 28.0. The Hall–Kier alpha value is -1.24. The molecule has 4 heterocycles. The number of rotatable bonds is 6. The summed E-state index contributed by atoms with van der Waals surface area (Å²) < 4.78 is 10.9. The maximum atomic E-state index is 5.51. The van der Waals surface area contributed by atoms with E-state index in [0.717, 1.165) is 69.3 Å². The van der Waals surface area contributed by atoms with E-state index in [1.165, 1.54) is 58.2 Å². The van der Waals surface area contributed by atoms with E-state index in [4.69, 9.17) is 9.47 Å². The first-order chi connectivity index (χ1) is 14.3. The van der Waals surface area contributed by atoms with Crippen molar-refractivity contribution >= 4 is 5.82 Å². The molecule has 5 rings (SSSR count). The van der Waals surface area contributed by atoms with Crippen molar-refractivity contribution in [1.82, 2.24) is 15.1 Å². The summed E-state index contributed by atoms with van der Waals surface area (Å²) >= 11 is 0. The third-order valence-corrected chi connectivity index (χ3v) is 7.86. The molecule has 3 saturated heterocycles. The van der Waals surface area contributed by atoms with Gasteiger partial charge in [-0.3, -0.25) is 0 Å². The first-order valence-corrected chi connectivity index (χ1v) is 11.8. The van der Waals surface area contributed by atoms with Gasteiger partial charge in [0.2, 0.25) is 0 Å². The van der Waals surface area contributed by atoms with Gasteiger partial charge in [-0.05, 0) is 87.4 Å². The average molecular weight is 401 g/mol. The molecule has 1 unspecified atom stereocenters. The van der Waals surface area contributed by atoms with Crippen molar-refractivity contribution in [2.24, 2.45) is 17.3 Å². The second kappa shape index (κ2) is 8.86. The molecular weight excluding hydrogens is 364 g/mol. The number of ether oxygens (including phenoxy) is 2. The van der Waals surface area contributed by atoms with Gasteiger partial charge in [-0.2, -0.15) is 5.10 Å². The number of anilines is 1. The third-order valence-electron chi connectivity index (χ3n) is 7.86. The lowest BCUT2D eigenvalue weighted by Crippen LogP contribution is -2.39. The third kappa shape index (κ3) is 4.75. The molecule has 3 aliphatic heterocycles. The van der Waals surface area contributed by atoms with E-state index in [1.54, 1.807) is 0 Å². The highest BCUT2D eigenvalue weighted by Gasteiger charge is 2.53. The molecule has 1 atom stereocenters. The van der Waals surface area contributed by atoms with Crippen molar-refractivity contribution in [3.63, 3.8) is 0 Å². The number of likely N-dealkylation sites (tertiary alicyclic amines) is 1. The zero-order valence-electron chi connectivity index (χ0n) is 17.7. The predicted molar refractivity (Wildman–Crippen MR) is 113 cm³/mol. The number of piperidine rings is 1. The van der Waals surface area contributed by atoms with E-state index in [-0.39, 0.29) is 0 Å². The maximum absolute atomic E-state index is 5.51. The van der Waals surface area contributed by atoms with Crippen LogP contribution in [-0.4, -0.2) is 74.2 Å². The van der Waals surface area contributed by atoms with Crippen LogP contribution in [0.1, 0.15) is 44.2 Å². The van der Waals surface area contributed by atoms with Crippen LogP contribution in [0.2, 0.25) is 0 Å². The Morgan fingerprint density at radius 1 is 0.931 bits per heavy atom. The fraction of sp³-hybridized carbons (Fsp3) is 0.826. The van der Waals surface area contributed by atoms with Gasteiger partial charge in [0.25, 0.3) is 0 Å². The van der Waals surface area contributed by atoms with Crippen LogP contribution < -0.4 is 4.90 Å². The molecule has 6 heteroatoms. The second-order valence-corrected chi connectivity index (χ2v) is 9.64. The first-order valence-electron chi connectivity index (χ1n) is 11.8. The number of aromatic nitrogens is 2. The van der Waals surface area contributed by atoms with Gasteiger partial charge in [0.05, 0.1) is 18.9 Å². The van der Waals surface area contributed by atoms with E-state index in [1.807, 2.05) is 0 Å². The molecule has 1 saturated carbocycles. The van der Waals surface area contributed by atoms with Crippen LogP contribution >= 0.6 is 0 Å². The molecular formula is C23H36N4O2. The first kappa shape index (κ1) is 19.7. The Labute approximate surface area is 174 Å². The number of morpholine rings is 1. The van der Waals surface area contributed by atoms with Gasteiger partial charge in [0, 0.05) is 32.8 Å². The summed E-state index contributed by atoms with van der Waals surface area (Å²) in [6.07, 6.45) is 9.13. The average Bonchev–Trinajstić information content (AvgIpc) is 3.47. The molecule has 1 aromatic heterocycles. The topological polar surface area (TPSA) is 50.7 Å². The van der Waals surface area contributed by atoms with Gasteiger partial charge >= 0.3 is 0 Å². The van der Waals surface area contributed by atoms with Crippen LogP contribution in [0.3, 0.4) is 0 Å². The summed E-state index contributed by atoms with van der Waals surface area (Å²) in [4.78, 5) is 5.00. The zero-order chi connectivity index (χ0) is 19.5. The Bertz CT molecular complexity index is 647. The molecule has 29 heavy (non-hydrogen) atoms. The van der Waals surface area contributed by atoms with E-state index in [0.29, 0.717) is 5.41 Å². The summed E-state index contributed by atoms with van der Waals surface area (Å²) in [5.41, 5.74) is 1.81. The van der Waals surface area contributed by atoms with Crippen molar-refractivity contribution in [1.29, 1.82) is 0 Å². The van der Waals surface area contributed by atoms with Gasteiger partial charge in [0.1, 0.15) is 0 Å². The lowest BCUT2D eigenvalue weighted by atomic mass is 9.88. The minimum atomic E-state index is 0.660. The quantitative estimate of drug-likeness (QED) is 0.732. The second-order valence-electron chi connectivity index (χ2n) is 9.64. The monoisotopic (exact) mass is 400 g/mol. The lowest BCUT2D eigenvalue weighted by molar-refractivity contribution is 0.0447. The van der Waals surface area contributed by atoms with Crippen molar-refractivity contribution in [3.8, 4) is 0 Å². The predicted octanol–water partition coefficient (Wildman–Crippen LogP) is 2.77. The van der Waals surface area contributed by atoms with E-state index in [9.17, 15) is 0 Å². The fourth-order valence-corrected chi connectivity index (χ4v) is 5.70. The van der Waals surface area contributed by atoms with Crippen molar-refractivity contribution in [3.05, 3.63) is 17.8 Å². The molecule has 0 N–H and O–H groups in total. The molecule has 1 aromatic rings. The summed E-state index contributed by atoms with van der Waals surface area (Å²) in [5.74, 6) is 2.78. The maximum Gasteiger partial charge on any atom is 0.151 e. The van der Waals surface area contributed by atoms with E-state index < -0.39 is 0 Å². The number of hydrogen-bond acceptors (Lipinski definition) is 6. The van der Waals surface area contributed by atoms with Gasteiger partial charge in [-0.15, -0.1) is 5.10 Å². The van der Waals surface area contributed by atoms with Crippen LogP contribution in [0, 0.1) is 17.3 Å². The summed E-state index contributed by atoms with van der Waals surface area (Å²) in [6.45, 7) is 9.29. The number of aryl methyl sites for hydroxylation is 1. The van der Waals surface area contributed by atoms with Crippen LogP contribution in [0.25, 0.3) is 0 Å². The Balaban J connectivity index is 1.04. The molecule has 0 amide bonds. The minimum absolute atomic E-state index is 0.660. The van der Waals surface area contributed by atoms with Crippen LogP contribution in [0.5, 0.6) is 0 Å². The molecule has 4 aliphatic rings. The summed E-state index contributed by atoms with van der Waals surface area (Å²) in [6, 6.07) is 4.33. The lowest BCUT2D eigenvalue weighted by Gasteiger charge is -2.36. The number of hydrogen-bond donors (Lipinski definition) is 0. The van der Waals surface area contributed by atoms with Gasteiger partial charge in [-0.1, -0.05) is 0 Å². The highest BCUT2D eigenvalue weighted by Crippen LogP contribution is 2.61. The van der Waals surface area contributed by atoms with Crippen LogP contribution in [-0.2, 0) is 15.9 Å². The molecule has 1 aliphatic carbocycles. The van der Waals surface area contributed by atoms with Crippen molar-refractivity contribution in [2.45, 2.75) is 44.9 Å². The summed E-state index contributed by atoms with van der Waals surface area (Å²) in [5, 5.41) is 8.99. The smallest absolute Gasteiger partial charge is 0.151 e. The Morgan fingerprint density at radius 2 is 1.69 bits per heavy atom. The standard InChI is InChI=1S/C23H36N4O2/c1(2-21-3-4-22(25-24-21)27-11-15-29-16-12-27)20-17-23(20)7-9-26(10-8-23)18-19-5-13-28-14-6-19/h3-4,19-20H,1-2,5-18H2. The number of nitrogens with zero attached hydrogens (tertiary/aromatic N) is 4. The van der Waals surface area contributed by atoms with E-state index in [2.05, 4.69) is 32.1 Å². The van der Waals surface area contributed by atoms with Gasteiger partial charge < -0.3 is 19.3 Å². The minimum Gasteiger partial charge on any atom is -0.381 e. The molecule has 6 nitrogen and oxygen atoms in total. The van der Waals surface area contributed by atoms with Crippen LogP contribution in [0.4, 0.5) is 5.82 Å². The molecule has 0 aromatic carbocycles. The van der Waals surface area contributed by atoms with Gasteiger partial charge in [0.15, 0.2) is 5.82 Å². The van der Waals surface area contributed by atoms with Gasteiger partial charge in [-0.25, -0.2) is 0 Å². The molecule has 4 fully saturated rings. The zero-order valence-corrected chi connectivity index (χ0v) is 17.7. The largest absolute Gasteiger partial charge is 0.381 e. The summed E-state index contributed by atoms with van der Waals surface area (Å²) in [7, 11) is 0. The highest BCUT2D eigenvalue weighted by molar-refractivity contribution is 5.37. The Kier molecular flexibility index (Phi) is 6.02. The van der Waals surface area contributed by atoms with Crippen molar-refractivity contribution < 1.29 is 9.47 Å². The van der Waals surface area contributed by atoms with E-state index >= 15 is 0 Å². The molecule has 0 radical (unpaired) electrons.